The Kier molecular flexibility index (Phi) is 5.11. The van der Waals surface area contributed by atoms with E-state index in [4.69, 9.17) is 9.84 Å². The fraction of sp³-hybridized carbons (Fsp3) is 0.455. The third-order valence-electron chi connectivity index (χ3n) is 2.15. The van der Waals surface area contributed by atoms with Gasteiger partial charge in [-0.1, -0.05) is 6.92 Å². The number of aryl methyl sites for hydroxylation is 1. The predicted octanol–water partition coefficient (Wildman–Crippen LogP) is 1.98. The van der Waals surface area contributed by atoms with Gasteiger partial charge in [0.15, 0.2) is 0 Å². The number of ether oxygens (including phenoxy) is 1. The third-order valence-corrected chi connectivity index (χ3v) is 3.34. The van der Waals surface area contributed by atoms with Gasteiger partial charge in [-0.3, -0.25) is 4.79 Å². The summed E-state index contributed by atoms with van der Waals surface area (Å²) < 4.78 is 4.78. The van der Waals surface area contributed by atoms with E-state index in [0.717, 1.165) is 11.3 Å². The van der Waals surface area contributed by atoms with Gasteiger partial charge in [-0.05, 0) is 12.5 Å². The lowest BCUT2D eigenvalue weighted by Crippen LogP contribution is -2.14. The molecule has 1 aromatic rings. The molecule has 0 fully saturated rings. The van der Waals surface area contributed by atoms with Gasteiger partial charge in [0.25, 0.3) is 0 Å². The Bertz CT molecular complexity index is 414. The van der Waals surface area contributed by atoms with Crippen molar-refractivity contribution in [3.8, 4) is 0 Å². The fourth-order valence-corrected chi connectivity index (χ4v) is 2.26. The van der Waals surface area contributed by atoms with Crippen molar-refractivity contribution in [2.45, 2.75) is 19.8 Å². The number of carboxylic acids is 1. The van der Waals surface area contributed by atoms with Crippen molar-refractivity contribution < 1.29 is 19.4 Å². The number of carbonyl (C=O) groups is 2. The summed E-state index contributed by atoms with van der Waals surface area (Å²) in [4.78, 5) is 23.4. The topological polar surface area (TPSA) is 75.6 Å². The van der Waals surface area contributed by atoms with Crippen LogP contribution in [-0.4, -0.2) is 30.7 Å². The minimum Gasteiger partial charge on any atom is -0.478 e. The molecule has 0 bridgehead atoms. The second-order valence-electron chi connectivity index (χ2n) is 3.41. The maximum Gasteiger partial charge on any atom is 0.338 e. The average molecular weight is 257 g/mol. The van der Waals surface area contributed by atoms with Gasteiger partial charge in [-0.25, -0.2) is 4.79 Å². The van der Waals surface area contributed by atoms with Gasteiger partial charge in [0, 0.05) is 12.0 Å². The molecule has 0 atom stereocenters. The number of thiophene rings is 1. The lowest BCUT2D eigenvalue weighted by Gasteiger charge is -2.03. The summed E-state index contributed by atoms with van der Waals surface area (Å²) in [5.74, 6) is -1.26. The average Bonchev–Trinajstić information content (AvgIpc) is 2.69. The van der Waals surface area contributed by atoms with Gasteiger partial charge >= 0.3 is 5.97 Å². The fourth-order valence-electron chi connectivity index (χ4n) is 1.25. The first-order valence-corrected chi connectivity index (χ1v) is 6.05. The standard InChI is InChI=1S/C11H15NO4S/c1-3-7-6-8(11(14)15)10(17-7)12-9(13)4-5-16-2/h6H,3-5H2,1-2H3,(H,12,13)(H,14,15). The van der Waals surface area contributed by atoms with E-state index in [-0.39, 0.29) is 17.9 Å². The molecule has 0 aromatic carbocycles. The largest absolute Gasteiger partial charge is 0.478 e. The number of anilines is 1. The molecule has 0 radical (unpaired) electrons. The lowest BCUT2D eigenvalue weighted by atomic mass is 10.2. The van der Waals surface area contributed by atoms with Crippen molar-refractivity contribution in [3.05, 3.63) is 16.5 Å². The Hall–Kier alpha value is -1.40. The summed E-state index contributed by atoms with van der Waals surface area (Å²) in [6.45, 7) is 2.26. The van der Waals surface area contributed by atoms with Crippen LogP contribution in [0.4, 0.5) is 5.00 Å². The van der Waals surface area contributed by atoms with Gasteiger partial charge in [0.2, 0.25) is 5.91 Å². The van der Waals surface area contributed by atoms with E-state index in [1.807, 2.05) is 6.92 Å². The molecule has 17 heavy (non-hydrogen) atoms. The van der Waals surface area contributed by atoms with Crippen molar-refractivity contribution in [2.75, 3.05) is 19.0 Å². The summed E-state index contributed by atoms with van der Waals surface area (Å²) in [6.07, 6.45) is 0.966. The molecule has 5 nitrogen and oxygen atoms in total. The number of hydrogen-bond acceptors (Lipinski definition) is 4. The summed E-state index contributed by atoms with van der Waals surface area (Å²) in [6, 6.07) is 1.60. The first-order valence-electron chi connectivity index (χ1n) is 5.23. The zero-order chi connectivity index (χ0) is 12.8. The Balaban J connectivity index is 2.78. The van der Waals surface area contributed by atoms with Crippen LogP contribution in [0.3, 0.4) is 0 Å². The normalized spacial score (nSPS) is 10.2. The van der Waals surface area contributed by atoms with Crippen LogP contribution in [0.1, 0.15) is 28.6 Å². The number of carboxylic acid groups (broad SMARTS) is 1. The number of aromatic carboxylic acids is 1. The highest BCUT2D eigenvalue weighted by atomic mass is 32.1. The molecule has 1 amide bonds. The molecular formula is C11H15NO4S. The molecule has 0 saturated heterocycles. The molecular weight excluding hydrogens is 242 g/mol. The second-order valence-corrected chi connectivity index (χ2v) is 4.54. The van der Waals surface area contributed by atoms with E-state index in [2.05, 4.69) is 5.32 Å². The zero-order valence-corrected chi connectivity index (χ0v) is 10.6. The first kappa shape index (κ1) is 13.7. The highest BCUT2D eigenvalue weighted by molar-refractivity contribution is 7.16. The molecule has 0 spiro atoms. The highest BCUT2D eigenvalue weighted by Gasteiger charge is 2.16. The smallest absolute Gasteiger partial charge is 0.338 e. The molecule has 2 N–H and O–H groups in total. The third kappa shape index (κ3) is 3.83. The van der Waals surface area contributed by atoms with Gasteiger partial charge in [-0.2, -0.15) is 0 Å². The van der Waals surface area contributed by atoms with E-state index < -0.39 is 5.97 Å². The Morgan fingerprint density at radius 1 is 1.53 bits per heavy atom. The molecule has 1 heterocycles. The van der Waals surface area contributed by atoms with Crippen LogP contribution in [0.2, 0.25) is 0 Å². The molecule has 0 aliphatic heterocycles. The summed E-state index contributed by atoms with van der Waals surface area (Å²) in [5, 5.41) is 12.0. The maximum absolute atomic E-state index is 11.5. The minimum atomic E-state index is -1.03. The number of amides is 1. The Morgan fingerprint density at radius 2 is 2.24 bits per heavy atom. The molecule has 6 heteroatoms. The van der Waals surface area contributed by atoms with Crippen LogP contribution < -0.4 is 5.32 Å². The summed E-state index contributed by atoms with van der Waals surface area (Å²) in [5.41, 5.74) is 0.151. The van der Waals surface area contributed by atoms with Crippen molar-refractivity contribution >= 4 is 28.2 Å². The minimum absolute atomic E-state index is 0.151. The van der Waals surface area contributed by atoms with Crippen molar-refractivity contribution in [1.82, 2.24) is 0 Å². The Labute approximate surface area is 103 Å². The molecule has 94 valence electrons. The predicted molar refractivity (Wildman–Crippen MR) is 65.8 cm³/mol. The number of hydrogen-bond donors (Lipinski definition) is 2. The van der Waals surface area contributed by atoms with Crippen LogP contribution in [0.5, 0.6) is 0 Å². The molecule has 0 unspecified atom stereocenters. The van der Waals surface area contributed by atoms with Gasteiger partial charge < -0.3 is 15.2 Å². The summed E-state index contributed by atoms with van der Waals surface area (Å²) in [7, 11) is 1.51. The van der Waals surface area contributed by atoms with E-state index in [1.54, 1.807) is 6.07 Å². The quantitative estimate of drug-likeness (QED) is 0.817. The van der Waals surface area contributed by atoms with Gasteiger partial charge in [-0.15, -0.1) is 11.3 Å². The molecule has 1 rings (SSSR count). The first-order chi connectivity index (χ1) is 8.08. The number of methoxy groups -OCH3 is 1. The van der Waals surface area contributed by atoms with Crippen molar-refractivity contribution in [1.29, 1.82) is 0 Å². The number of carbonyl (C=O) groups excluding carboxylic acids is 1. The van der Waals surface area contributed by atoms with E-state index in [0.29, 0.717) is 11.6 Å². The maximum atomic E-state index is 11.5. The van der Waals surface area contributed by atoms with E-state index >= 15 is 0 Å². The molecule has 1 aromatic heterocycles. The van der Waals surface area contributed by atoms with Gasteiger partial charge in [0.1, 0.15) is 5.00 Å². The zero-order valence-electron chi connectivity index (χ0n) is 9.78. The highest BCUT2D eigenvalue weighted by Crippen LogP contribution is 2.28. The van der Waals surface area contributed by atoms with Crippen molar-refractivity contribution in [3.63, 3.8) is 0 Å². The monoisotopic (exact) mass is 257 g/mol. The van der Waals surface area contributed by atoms with Crippen LogP contribution in [0.25, 0.3) is 0 Å². The number of rotatable bonds is 6. The van der Waals surface area contributed by atoms with Crippen LogP contribution in [-0.2, 0) is 16.0 Å². The molecule has 0 saturated carbocycles. The van der Waals surface area contributed by atoms with Crippen LogP contribution in [0.15, 0.2) is 6.07 Å². The van der Waals surface area contributed by atoms with Crippen LogP contribution in [0, 0.1) is 0 Å². The number of nitrogens with one attached hydrogen (secondary N) is 1. The molecule has 0 aliphatic rings. The van der Waals surface area contributed by atoms with Crippen molar-refractivity contribution in [2.24, 2.45) is 0 Å². The Morgan fingerprint density at radius 3 is 2.76 bits per heavy atom. The van der Waals surface area contributed by atoms with Crippen LogP contribution >= 0.6 is 11.3 Å². The van der Waals surface area contributed by atoms with E-state index in [9.17, 15) is 9.59 Å². The summed E-state index contributed by atoms with van der Waals surface area (Å²) >= 11 is 1.30. The van der Waals surface area contributed by atoms with Gasteiger partial charge in [0.05, 0.1) is 18.6 Å². The SMILES string of the molecule is CCc1cc(C(=O)O)c(NC(=O)CCOC)s1. The lowest BCUT2D eigenvalue weighted by molar-refractivity contribution is -0.117. The molecule has 0 aliphatic carbocycles. The van der Waals surface area contributed by atoms with E-state index in [1.165, 1.54) is 18.4 Å². The second kappa shape index (κ2) is 6.36.